The van der Waals surface area contributed by atoms with Gasteiger partial charge in [0, 0.05) is 0 Å². The number of benzene rings is 1. The standard InChI is InChI=1S/C14H15NO2/c16-13-10-15-14(17)12(13)9-5-4-8-11-6-2-1-3-7-11/h1-3,6-7,10,16H,4-5,8-9H2. The number of carbonyl (C=O) groups is 1. The maximum atomic E-state index is 11.2. The van der Waals surface area contributed by atoms with Crippen LogP contribution in [0.5, 0.6) is 0 Å². The fraction of sp³-hybridized carbons (Fsp3) is 0.286. The Bertz CT molecular complexity index is 460. The molecule has 0 saturated heterocycles. The lowest BCUT2D eigenvalue weighted by Crippen LogP contribution is -1.97. The van der Waals surface area contributed by atoms with Crippen molar-refractivity contribution in [1.29, 1.82) is 0 Å². The Labute approximate surface area is 101 Å². The number of hydrogen-bond acceptors (Lipinski definition) is 2. The van der Waals surface area contributed by atoms with Gasteiger partial charge in [-0.15, -0.1) is 0 Å². The van der Waals surface area contributed by atoms with Crippen molar-refractivity contribution in [2.24, 2.45) is 4.99 Å². The normalized spacial score (nSPS) is 14.7. The summed E-state index contributed by atoms with van der Waals surface area (Å²) in [5, 5.41) is 9.39. The van der Waals surface area contributed by atoms with E-state index < -0.39 is 0 Å². The van der Waals surface area contributed by atoms with E-state index in [0.717, 1.165) is 19.3 Å². The van der Waals surface area contributed by atoms with E-state index in [-0.39, 0.29) is 11.7 Å². The van der Waals surface area contributed by atoms with Crippen LogP contribution in [0.25, 0.3) is 0 Å². The minimum atomic E-state index is -0.290. The molecule has 17 heavy (non-hydrogen) atoms. The lowest BCUT2D eigenvalue weighted by atomic mass is 10.0. The predicted octanol–water partition coefficient (Wildman–Crippen LogP) is 2.82. The molecule has 0 aromatic heterocycles. The topological polar surface area (TPSA) is 49.7 Å². The van der Waals surface area contributed by atoms with Crippen LogP contribution in [0.2, 0.25) is 0 Å². The lowest BCUT2D eigenvalue weighted by Gasteiger charge is -2.02. The zero-order valence-corrected chi connectivity index (χ0v) is 9.60. The Balaban J connectivity index is 1.74. The molecule has 0 spiro atoms. The molecule has 1 N–H and O–H groups in total. The van der Waals surface area contributed by atoms with Crippen molar-refractivity contribution < 1.29 is 9.90 Å². The lowest BCUT2D eigenvalue weighted by molar-refractivity contribution is -0.114. The zero-order chi connectivity index (χ0) is 12.1. The van der Waals surface area contributed by atoms with Crippen LogP contribution in [0.1, 0.15) is 24.8 Å². The first-order chi connectivity index (χ1) is 8.27. The number of aryl methyl sites for hydroxylation is 1. The molecular weight excluding hydrogens is 214 g/mol. The van der Waals surface area contributed by atoms with Crippen LogP contribution in [0.15, 0.2) is 46.7 Å². The molecule has 3 heteroatoms. The van der Waals surface area contributed by atoms with Crippen molar-refractivity contribution in [3.05, 3.63) is 47.2 Å². The molecule has 0 aliphatic carbocycles. The number of hydrogen-bond donors (Lipinski definition) is 1. The molecule has 88 valence electrons. The fourth-order valence-corrected chi connectivity index (χ4v) is 1.90. The second-order valence-electron chi connectivity index (χ2n) is 4.12. The van der Waals surface area contributed by atoms with E-state index in [1.165, 1.54) is 11.8 Å². The summed E-state index contributed by atoms with van der Waals surface area (Å²) in [6.45, 7) is 0. The van der Waals surface area contributed by atoms with Crippen molar-refractivity contribution in [3.63, 3.8) is 0 Å². The summed E-state index contributed by atoms with van der Waals surface area (Å²) in [7, 11) is 0. The van der Waals surface area contributed by atoms with Crippen LogP contribution in [0.4, 0.5) is 0 Å². The third-order valence-electron chi connectivity index (χ3n) is 2.86. The van der Waals surface area contributed by atoms with Crippen molar-refractivity contribution >= 4 is 12.1 Å². The molecule has 3 nitrogen and oxygen atoms in total. The smallest absolute Gasteiger partial charge is 0.276 e. The quantitative estimate of drug-likeness (QED) is 0.789. The van der Waals surface area contributed by atoms with Crippen molar-refractivity contribution in [2.75, 3.05) is 0 Å². The first kappa shape index (κ1) is 11.6. The van der Waals surface area contributed by atoms with Gasteiger partial charge in [-0.2, -0.15) is 0 Å². The Morgan fingerprint density at radius 2 is 1.76 bits per heavy atom. The first-order valence-electron chi connectivity index (χ1n) is 5.82. The highest BCUT2D eigenvalue weighted by molar-refractivity contribution is 6.09. The molecule has 0 unspecified atom stereocenters. The number of unbranched alkanes of at least 4 members (excludes halogenated alkanes) is 1. The van der Waals surface area contributed by atoms with Gasteiger partial charge in [0.15, 0.2) is 0 Å². The maximum absolute atomic E-state index is 11.2. The third-order valence-corrected chi connectivity index (χ3v) is 2.86. The molecule has 1 aliphatic rings. The van der Waals surface area contributed by atoms with Gasteiger partial charge in [0.2, 0.25) is 0 Å². The zero-order valence-electron chi connectivity index (χ0n) is 9.60. The molecule has 1 amide bonds. The summed E-state index contributed by atoms with van der Waals surface area (Å²) in [4.78, 5) is 14.8. The number of aliphatic imine (C=N–C) groups is 1. The van der Waals surface area contributed by atoms with E-state index in [4.69, 9.17) is 0 Å². The SMILES string of the molecule is O=C1N=CC(O)=C1CCCCc1ccccc1. The molecule has 1 aromatic carbocycles. The average Bonchev–Trinajstić information content (AvgIpc) is 2.67. The van der Waals surface area contributed by atoms with Crippen LogP contribution in [-0.2, 0) is 11.2 Å². The van der Waals surface area contributed by atoms with Crippen molar-refractivity contribution in [2.45, 2.75) is 25.7 Å². The number of amides is 1. The summed E-state index contributed by atoms with van der Waals surface area (Å²) >= 11 is 0. The van der Waals surface area contributed by atoms with Crippen LogP contribution >= 0.6 is 0 Å². The summed E-state index contributed by atoms with van der Waals surface area (Å²) in [6.07, 6.45) is 4.74. The number of aliphatic hydroxyl groups excluding tert-OH is 1. The van der Waals surface area contributed by atoms with Gasteiger partial charge in [-0.05, 0) is 31.2 Å². The van der Waals surface area contributed by atoms with E-state index in [2.05, 4.69) is 17.1 Å². The summed E-state index contributed by atoms with van der Waals surface area (Å²) in [6, 6.07) is 10.2. The van der Waals surface area contributed by atoms with Crippen LogP contribution < -0.4 is 0 Å². The van der Waals surface area contributed by atoms with E-state index >= 15 is 0 Å². The van der Waals surface area contributed by atoms with Gasteiger partial charge in [-0.3, -0.25) is 4.79 Å². The molecule has 2 rings (SSSR count). The maximum Gasteiger partial charge on any atom is 0.276 e. The Kier molecular flexibility index (Phi) is 3.70. The molecule has 0 bridgehead atoms. The summed E-state index contributed by atoms with van der Waals surface area (Å²) in [5.74, 6) is -0.253. The second kappa shape index (κ2) is 5.43. The van der Waals surface area contributed by atoms with Gasteiger partial charge in [-0.25, -0.2) is 4.99 Å². The number of allylic oxidation sites excluding steroid dienone is 1. The average molecular weight is 229 g/mol. The monoisotopic (exact) mass is 229 g/mol. The first-order valence-corrected chi connectivity index (χ1v) is 5.82. The highest BCUT2D eigenvalue weighted by atomic mass is 16.3. The van der Waals surface area contributed by atoms with Crippen LogP contribution in [-0.4, -0.2) is 17.2 Å². The number of aliphatic hydroxyl groups is 1. The Morgan fingerprint density at radius 1 is 1.06 bits per heavy atom. The Hall–Kier alpha value is -1.90. The van der Waals surface area contributed by atoms with Gasteiger partial charge >= 0.3 is 0 Å². The minimum absolute atomic E-state index is 0.0368. The van der Waals surface area contributed by atoms with Gasteiger partial charge in [-0.1, -0.05) is 30.3 Å². The second-order valence-corrected chi connectivity index (χ2v) is 4.12. The molecule has 0 fully saturated rings. The van der Waals surface area contributed by atoms with E-state index in [1.807, 2.05) is 18.2 Å². The van der Waals surface area contributed by atoms with Crippen LogP contribution in [0, 0.1) is 0 Å². The summed E-state index contributed by atoms with van der Waals surface area (Å²) in [5.41, 5.74) is 1.76. The number of rotatable bonds is 5. The molecule has 1 aromatic rings. The van der Waals surface area contributed by atoms with Gasteiger partial charge in [0.1, 0.15) is 5.76 Å². The van der Waals surface area contributed by atoms with Gasteiger partial charge < -0.3 is 5.11 Å². The molecule has 0 radical (unpaired) electrons. The molecular formula is C14H15NO2. The van der Waals surface area contributed by atoms with Crippen molar-refractivity contribution in [3.8, 4) is 0 Å². The molecule has 0 saturated carbocycles. The largest absolute Gasteiger partial charge is 0.506 e. The van der Waals surface area contributed by atoms with Crippen molar-refractivity contribution in [1.82, 2.24) is 0 Å². The van der Waals surface area contributed by atoms with Gasteiger partial charge in [0.05, 0.1) is 11.8 Å². The predicted molar refractivity (Wildman–Crippen MR) is 67.2 cm³/mol. The third kappa shape index (κ3) is 3.03. The van der Waals surface area contributed by atoms with E-state index in [9.17, 15) is 9.90 Å². The van der Waals surface area contributed by atoms with Gasteiger partial charge in [0.25, 0.3) is 5.91 Å². The number of nitrogens with zero attached hydrogens (tertiary/aromatic N) is 1. The fourth-order valence-electron chi connectivity index (χ4n) is 1.90. The van der Waals surface area contributed by atoms with Crippen LogP contribution in [0.3, 0.4) is 0 Å². The van der Waals surface area contributed by atoms with E-state index in [1.54, 1.807) is 0 Å². The molecule has 1 aliphatic heterocycles. The molecule has 1 heterocycles. The Morgan fingerprint density at radius 3 is 2.41 bits per heavy atom. The minimum Gasteiger partial charge on any atom is -0.506 e. The summed E-state index contributed by atoms with van der Waals surface area (Å²) < 4.78 is 0. The highest BCUT2D eigenvalue weighted by Crippen LogP contribution is 2.17. The highest BCUT2D eigenvalue weighted by Gasteiger charge is 2.17. The molecule has 0 atom stereocenters. The van der Waals surface area contributed by atoms with E-state index in [0.29, 0.717) is 12.0 Å². The number of carbonyl (C=O) groups excluding carboxylic acids is 1.